The molecule has 0 unspecified atom stereocenters. The van der Waals surface area contributed by atoms with E-state index in [2.05, 4.69) is 39.0 Å². The van der Waals surface area contributed by atoms with Crippen LogP contribution >= 0.6 is 0 Å². The lowest BCUT2D eigenvalue weighted by atomic mass is 10.1. The second-order valence-corrected chi connectivity index (χ2v) is 4.82. The Kier molecular flexibility index (Phi) is 7.81. The molecule has 0 fully saturated rings. The van der Waals surface area contributed by atoms with Gasteiger partial charge >= 0.3 is 0 Å². The van der Waals surface area contributed by atoms with Gasteiger partial charge in [-0.3, -0.25) is 0 Å². The van der Waals surface area contributed by atoms with Gasteiger partial charge in [-0.05, 0) is 56.0 Å². The molecule has 0 saturated carbocycles. The van der Waals surface area contributed by atoms with Crippen molar-refractivity contribution in [3.05, 3.63) is 29.8 Å². The third-order valence-corrected chi connectivity index (χ3v) is 2.94. The normalized spacial score (nSPS) is 11.5. The predicted octanol–water partition coefficient (Wildman–Crippen LogP) is 4.02. The van der Waals surface area contributed by atoms with Crippen LogP contribution in [0.15, 0.2) is 24.3 Å². The highest BCUT2D eigenvalue weighted by Gasteiger charge is 2.07. The Morgan fingerprint density at radius 2 is 1.75 bits per heavy atom. The van der Waals surface area contributed by atoms with Gasteiger partial charge in [-0.25, -0.2) is 0 Å². The van der Waals surface area contributed by atoms with Gasteiger partial charge in [-0.15, -0.1) is 0 Å². The minimum Gasteiger partial charge on any atom is -0.490 e. The molecule has 3 nitrogen and oxygen atoms in total. The summed E-state index contributed by atoms with van der Waals surface area (Å²) < 4.78 is 11.5. The fraction of sp³-hybridized carbons (Fsp3) is 0.529. The molecule has 0 aliphatic heterocycles. The van der Waals surface area contributed by atoms with Crippen molar-refractivity contribution < 1.29 is 9.47 Å². The molecule has 0 bridgehead atoms. The van der Waals surface area contributed by atoms with Crippen molar-refractivity contribution >= 4 is 5.57 Å². The number of hydrogen-bond donors (Lipinski definition) is 1. The first-order chi connectivity index (χ1) is 9.72. The summed E-state index contributed by atoms with van der Waals surface area (Å²) in [6.07, 6.45) is 5.03. The molecular weight excluding hydrogens is 250 g/mol. The highest BCUT2D eigenvalue weighted by Crippen LogP contribution is 2.31. The molecule has 112 valence electrons. The molecule has 1 aromatic rings. The van der Waals surface area contributed by atoms with Crippen molar-refractivity contribution in [3.8, 4) is 11.5 Å². The van der Waals surface area contributed by atoms with E-state index in [-0.39, 0.29) is 0 Å². The zero-order valence-corrected chi connectivity index (χ0v) is 12.9. The summed E-state index contributed by atoms with van der Waals surface area (Å²) in [5.74, 6) is 1.66. The van der Waals surface area contributed by atoms with E-state index in [0.29, 0.717) is 19.8 Å². The summed E-state index contributed by atoms with van der Waals surface area (Å²) in [4.78, 5) is 0. The lowest BCUT2D eigenvalue weighted by Gasteiger charge is -2.14. The molecule has 20 heavy (non-hydrogen) atoms. The summed E-state index contributed by atoms with van der Waals surface area (Å²) in [7, 11) is 0. The fourth-order valence-electron chi connectivity index (χ4n) is 1.83. The highest BCUT2D eigenvalue weighted by atomic mass is 16.5. The van der Waals surface area contributed by atoms with Gasteiger partial charge in [0.2, 0.25) is 0 Å². The first kappa shape index (κ1) is 16.6. The van der Waals surface area contributed by atoms with Gasteiger partial charge in [-0.1, -0.05) is 26.0 Å². The van der Waals surface area contributed by atoms with Crippen LogP contribution in [0.5, 0.6) is 11.5 Å². The van der Waals surface area contributed by atoms with Crippen molar-refractivity contribution in [3.63, 3.8) is 0 Å². The maximum Gasteiger partial charge on any atom is 0.161 e. The van der Waals surface area contributed by atoms with Crippen LogP contribution in [0.2, 0.25) is 0 Å². The van der Waals surface area contributed by atoms with E-state index in [1.165, 1.54) is 5.57 Å². The largest absolute Gasteiger partial charge is 0.490 e. The summed E-state index contributed by atoms with van der Waals surface area (Å²) in [5, 5.41) is 0. The van der Waals surface area contributed by atoms with Gasteiger partial charge in [-0.2, -0.15) is 0 Å². The Morgan fingerprint density at radius 1 is 1.10 bits per heavy atom. The number of allylic oxidation sites excluding steroid dienone is 1. The molecule has 1 rings (SSSR count). The molecule has 0 heterocycles. The Labute approximate surface area is 122 Å². The Hall–Kier alpha value is -1.48. The molecular formula is C17H27NO2. The van der Waals surface area contributed by atoms with E-state index in [1.54, 1.807) is 0 Å². The molecule has 0 spiro atoms. The molecule has 1 aromatic carbocycles. The predicted molar refractivity (Wildman–Crippen MR) is 85.3 cm³/mol. The third-order valence-electron chi connectivity index (χ3n) is 2.94. The van der Waals surface area contributed by atoms with E-state index < -0.39 is 0 Å². The summed E-state index contributed by atoms with van der Waals surface area (Å²) >= 11 is 0. The van der Waals surface area contributed by atoms with Crippen LogP contribution < -0.4 is 15.2 Å². The van der Waals surface area contributed by atoms with Crippen LogP contribution in [0.3, 0.4) is 0 Å². The third kappa shape index (κ3) is 5.25. The zero-order chi connectivity index (χ0) is 14.8. The second kappa shape index (κ2) is 9.43. The van der Waals surface area contributed by atoms with Crippen molar-refractivity contribution in [1.82, 2.24) is 0 Å². The van der Waals surface area contributed by atoms with Crippen molar-refractivity contribution in [1.29, 1.82) is 0 Å². The van der Waals surface area contributed by atoms with Crippen LogP contribution in [-0.4, -0.2) is 19.8 Å². The SMILES string of the molecule is CCCOc1ccc(C(C)=CCCN)cc1OCCC. The summed E-state index contributed by atoms with van der Waals surface area (Å²) in [5.41, 5.74) is 7.92. The number of ether oxygens (including phenoxy) is 2. The first-order valence-electron chi connectivity index (χ1n) is 7.49. The number of hydrogen-bond acceptors (Lipinski definition) is 3. The second-order valence-electron chi connectivity index (χ2n) is 4.82. The average molecular weight is 277 g/mol. The highest BCUT2D eigenvalue weighted by molar-refractivity contribution is 5.66. The summed E-state index contributed by atoms with van der Waals surface area (Å²) in [6.45, 7) is 8.39. The Balaban J connectivity index is 2.93. The zero-order valence-electron chi connectivity index (χ0n) is 12.9. The van der Waals surface area contributed by atoms with Gasteiger partial charge in [0, 0.05) is 0 Å². The molecule has 0 atom stereocenters. The van der Waals surface area contributed by atoms with E-state index in [0.717, 1.165) is 36.3 Å². The molecule has 0 radical (unpaired) electrons. The first-order valence-corrected chi connectivity index (χ1v) is 7.49. The fourth-order valence-corrected chi connectivity index (χ4v) is 1.83. The summed E-state index contributed by atoms with van der Waals surface area (Å²) in [6, 6.07) is 6.13. The van der Waals surface area contributed by atoms with Crippen LogP contribution in [0.25, 0.3) is 5.57 Å². The van der Waals surface area contributed by atoms with Crippen molar-refractivity contribution in [2.24, 2.45) is 5.73 Å². The van der Waals surface area contributed by atoms with Gasteiger partial charge < -0.3 is 15.2 Å². The number of benzene rings is 1. The van der Waals surface area contributed by atoms with Crippen molar-refractivity contribution in [2.45, 2.75) is 40.0 Å². The minimum absolute atomic E-state index is 0.675. The lowest BCUT2D eigenvalue weighted by Crippen LogP contribution is -2.02. The van der Waals surface area contributed by atoms with E-state index in [4.69, 9.17) is 15.2 Å². The standard InChI is InChI=1S/C17H27NO2/c1-4-11-19-16-9-8-15(14(3)7-6-10-18)13-17(16)20-12-5-2/h7-9,13H,4-6,10-12,18H2,1-3H3. The van der Waals surface area contributed by atoms with E-state index in [9.17, 15) is 0 Å². The molecule has 0 amide bonds. The minimum atomic E-state index is 0.675. The quantitative estimate of drug-likeness (QED) is 0.741. The van der Waals surface area contributed by atoms with Crippen LogP contribution in [0.1, 0.15) is 45.6 Å². The molecule has 0 saturated heterocycles. The maximum atomic E-state index is 5.80. The van der Waals surface area contributed by atoms with Crippen molar-refractivity contribution in [2.75, 3.05) is 19.8 Å². The van der Waals surface area contributed by atoms with E-state index >= 15 is 0 Å². The molecule has 2 N–H and O–H groups in total. The average Bonchev–Trinajstić information content (AvgIpc) is 2.48. The van der Waals surface area contributed by atoms with Crippen LogP contribution in [0.4, 0.5) is 0 Å². The van der Waals surface area contributed by atoms with E-state index in [1.807, 2.05) is 6.07 Å². The smallest absolute Gasteiger partial charge is 0.161 e. The Bertz CT molecular complexity index is 427. The lowest BCUT2D eigenvalue weighted by molar-refractivity contribution is 0.268. The number of rotatable bonds is 9. The van der Waals surface area contributed by atoms with Gasteiger partial charge in [0.05, 0.1) is 13.2 Å². The topological polar surface area (TPSA) is 44.5 Å². The van der Waals surface area contributed by atoms with Gasteiger partial charge in [0.25, 0.3) is 0 Å². The maximum absolute atomic E-state index is 5.80. The van der Waals surface area contributed by atoms with Gasteiger partial charge in [0.1, 0.15) is 0 Å². The number of nitrogens with two attached hydrogens (primary N) is 1. The monoisotopic (exact) mass is 277 g/mol. The van der Waals surface area contributed by atoms with Crippen LogP contribution in [-0.2, 0) is 0 Å². The molecule has 0 aromatic heterocycles. The molecule has 3 heteroatoms. The van der Waals surface area contributed by atoms with Gasteiger partial charge in [0.15, 0.2) is 11.5 Å². The Morgan fingerprint density at radius 3 is 2.35 bits per heavy atom. The van der Waals surface area contributed by atoms with Crippen LogP contribution in [0, 0.1) is 0 Å². The molecule has 0 aliphatic rings. The molecule has 0 aliphatic carbocycles.